The van der Waals surface area contributed by atoms with Crippen molar-refractivity contribution in [2.24, 2.45) is 0 Å². The Morgan fingerprint density at radius 3 is 1.73 bits per heavy atom. The molecule has 0 heterocycles. The molecular weight excluding hydrogens is 346 g/mol. The molecule has 3 heteroatoms. The second-order valence-corrected chi connectivity index (χ2v) is 4.76. The third-order valence-electron chi connectivity index (χ3n) is 3.21. The van der Waals surface area contributed by atoms with Crippen LogP contribution in [0.5, 0.6) is 0 Å². The van der Waals surface area contributed by atoms with Gasteiger partial charge in [-0.1, -0.05) is 49.0 Å². The van der Waals surface area contributed by atoms with Gasteiger partial charge in [0.2, 0.25) is 0 Å². The summed E-state index contributed by atoms with van der Waals surface area (Å²) in [6.45, 7) is 2.10. The van der Waals surface area contributed by atoms with Crippen LogP contribution in [-0.2, 0) is 0 Å². The van der Waals surface area contributed by atoms with E-state index in [4.69, 9.17) is 0 Å². The quantitative estimate of drug-likeness (QED) is 0.508. The van der Waals surface area contributed by atoms with Crippen LogP contribution in [0, 0.1) is 13.0 Å². The van der Waals surface area contributed by atoms with E-state index in [1.54, 1.807) is 0 Å². The predicted molar refractivity (Wildman–Crippen MR) is 90.5 cm³/mol. The number of halogens is 1. The standard InChI is InChI=1S/C19H16N.BrH.Mg/c1-16-9-8-14-19(15-16)20(17-10-4-2-5-11-17)18-12-6-3-7-13-18;;/h2-13,15H,1H3;1H;/q-1;;+2/p-1. The molecule has 0 fully saturated rings. The zero-order chi connectivity index (χ0) is 13.8. The summed E-state index contributed by atoms with van der Waals surface area (Å²) in [5, 5.41) is 0. The molecule has 0 saturated carbocycles. The first-order valence-corrected chi connectivity index (χ1v) is 6.73. The topological polar surface area (TPSA) is 3.24 Å². The van der Waals surface area contributed by atoms with Crippen LogP contribution in [0.3, 0.4) is 0 Å². The summed E-state index contributed by atoms with van der Waals surface area (Å²) >= 11 is 0. The van der Waals surface area contributed by atoms with Gasteiger partial charge in [0.15, 0.2) is 0 Å². The van der Waals surface area contributed by atoms with Crippen molar-refractivity contribution in [2.75, 3.05) is 4.90 Å². The molecule has 106 valence electrons. The van der Waals surface area contributed by atoms with Crippen LogP contribution >= 0.6 is 0 Å². The Morgan fingerprint density at radius 1 is 0.773 bits per heavy atom. The molecule has 0 aliphatic rings. The van der Waals surface area contributed by atoms with Crippen molar-refractivity contribution in [3.8, 4) is 0 Å². The van der Waals surface area contributed by atoms with Crippen LogP contribution in [0.2, 0.25) is 0 Å². The van der Waals surface area contributed by atoms with Crippen LogP contribution in [0.1, 0.15) is 5.56 Å². The van der Waals surface area contributed by atoms with E-state index in [1.165, 1.54) is 5.56 Å². The van der Waals surface area contributed by atoms with Gasteiger partial charge < -0.3 is 21.9 Å². The van der Waals surface area contributed by atoms with Gasteiger partial charge in [-0.15, -0.1) is 6.07 Å². The van der Waals surface area contributed by atoms with Crippen LogP contribution in [0.15, 0.2) is 78.9 Å². The van der Waals surface area contributed by atoms with Crippen LogP contribution in [0.4, 0.5) is 17.1 Å². The van der Waals surface area contributed by atoms with Crippen molar-refractivity contribution in [1.29, 1.82) is 0 Å². The second-order valence-electron chi connectivity index (χ2n) is 4.76. The fraction of sp³-hybridized carbons (Fsp3) is 0.0526. The summed E-state index contributed by atoms with van der Waals surface area (Å²) in [6.07, 6.45) is 0. The Labute approximate surface area is 158 Å². The summed E-state index contributed by atoms with van der Waals surface area (Å²) < 4.78 is 0. The number of nitrogens with zero attached hydrogens (tertiary/aromatic N) is 1. The Kier molecular flexibility index (Phi) is 7.66. The molecule has 22 heavy (non-hydrogen) atoms. The number of para-hydroxylation sites is 2. The Bertz CT molecular complexity index is 647. The largest absolute Gasteiger partial charge is 2.00 e. The van der Waals surface area contributed by atoms with Gasteiger partial charge in [0.25, 0.3) is 0 Å². The molecule has 0 radical (unpaired) electrons. The number of aryl methyl sites for hydroxylation is 1. The number of anilines is 3. The zero-order valence-electron chi connectivity index (χ0n) is 12.5. The van der Waals surface area contributed by atoms with Crippen LogP contribution < -0.4 is 21.9 Å². The van der Waals surface area contributed by atoms with E-state index in [0.717, 1.165) is 17.1 Å². The minimum Gasteiger partial charge on any atom is -1.00 e. The molecule has 0 N–H and O–H groups in total. The maximum Gasteiger partial charge on any atom is 2.00 e. The molecule has 0 atom stereocenters. The first kappa shape index (κ1) is 18.8. The Morgan fingerprint density at radius 2 is 1.27 bits per heavy atom. The van der Waals surface area contributed by atoms with Gasteiger partial charge in [-0.05, 0) is 24.3 Å². The van der Waals surface area contributed by atoms with Crippen molar-refractivity contribution in [2.45, 2.75) is 6.92 Å². The molecule has 3 aromatic carbocycles. The van der Waals surface area contributed by atoms with E-state index in [9.17, 15) is 0 Å². The first-order valence-electron chi connectivity index (χ1n) is 6.73. The molecule has 0 unspecified atom stereocenters. The van der Waals surface area contributed by atoms with Crippen molar-refractivity contribution in [3.05, 3.63) is 90.5 Å². The normalized spacial score (nSPS) is 9.32. The monoisotopic (exact) mass is 361 g/mol. The SMILES string of the molecule is Cc1cc[c-]c(N(c2ccccc2)c2ccccc2)c1.[Br-].[Mg+2]. The molecule has 3 aromatic rings. The van der Waals surface area contributed by atoms with E-state index in [2.05, 4.69) is 78.6 Å². The third kappa shape index (κ3) is 4.35. The molecule has 1 nitrogen and oxygen atoms in total. The molecule has 0 amide bonds. The summed E-state index contributed by atoms with van der Waals surface area (Å²) in [5.41, 5.74) is 4.57. The van der Waals surface area contributed by atoms with Gasteiger partial charge in [-0.2, -0.15) is 23.8 Å². The number of benzene rings is 3. The molecule has 0 aliphatic heterocycles. The van der Waals surface area contributed by atoms with E-state index in [1.807, 2.05) is 18.2 Å². The summed E-state index contributed by atoms with van der Waals surface area (Å²) in [5.74, 6) is 0. The maximum atomic E-state index is 3.33. The van der Waals surface area contributed by atoms with Crippen LogP contribution in [-0.4, -0.2) is 23.1 Å². The van der Waals surface area contributed by atoms with E-state index >= 15 is 0 Å². The average molecular weight is 363 g/mol. The summed E-state index contributed by atoms with van der Waals surface area (Å²) in [7, 11) is 0. The first-order chi connectivity index (χ1) is 9.84. The smallest absolute Gasteiger partial charge is 1.00 e. The number of hydrogen-bond acceptors (Lipinski definition) is 1. The Hall–Kier alpha value is -1.29. The third-order valence-corrected chi connectivity index (χ3v) is 3.21. The molecule has 3 rings (SSSR count). The summed E-state index contributed by atoms with van der Waals surface area (Å²) in [6, 6.07) is 30.3. The predicted octanol–water partition coefficient (Wildman–Crippen LogP) is 1.89. The minimum atomic E-state index is 0. The summed E-state index contributed by atoms with van der Waals surface area (Å²) in [4.78, 5) is 2.22. The van der Waals surface area contributed by atoms with Gasteiger partial charge in [-0.3, -0.25) is 0 Å². The van der Waals surface area contributed by atoms with Crippen molar-refractivity contribution < 1.29 is 17.0 Å². The fourth-order valence-electron chi connectivity index (χ4n) is 2.27. The minimum absolute atomic E-state index is 0. The molecule has 0 spiro atoms. The van der Waals surface area contributed by atoms with E-state index < -0.39 is 0 Å². The molecule has 0 aromatic heterocycles. The zero-order valence-corrected chi connectivity index (χ0v) is 15.5. The maximum absolute atomic E-state index is 3.33. The molecule has 0 bridgehead atoms. The Balaban J connectivity index is 0.00000121. The van der Waals surface area contributed by atoms with Gasteiger partial charge in [0, 0.05) is 11.4 Å². The van der Waals surface area contributed by atoms with Gasteiger partial charge in [-0.25, -0.2) is 0 Å². The average Bonchev–Trinajstić information content (AvgIpc) is 2.50. The van der Waals surface area contributed by atoms with Crippen molar-refractivity contribution in [1.82, 2.24) is 0 Å². The second kappa shape index (κ2) is 8.98. The molecule has 0 aliphatic carbocycles. The van der Waals surface area contributed by atoms with Crippen molar-refractivity contribution >= 4 is 40.1 Å². The van der Waals surface area contributed by atoms with E-state index in [0.29, 0.717) is 0 Å². The van der Waals surface area contributed by atoms with Gasteiger partial charge in [0.05, 0.1) is 0 Å². The van der Waals surface area contributed by atoms with E-state index in [-0.39, 0.29) is 40.0 Å². The fourth-order valence-corrected chi connectivity index (χ4v) is 2.27. The van der Waals surface area contributed by atoms with Crippen molar-refractivity contribution in [3.63, 3.8) is 0 Å². The molecule has 0 saturated heterocycles. The van der Waals surface area contributed by atoms with Gasteiger partial charge >= 0.3 is 23.1 Å². The molecular formula is C19H16BrMgN. The number of hydrogen-bond donors (Lipinski definition) is 0. The number of rotatable bonds is 3. The van der Waals surface area contributed by atoms with Crippen LogP contribution in [0.25, 0.3) is 0 Å². The van der Waals surface area contributed by atoms with Gasteiger partial charge in [0.1, 0.15) is 0 Å².